The summed E-state index contributed by atoms with van der Waals surface area (Å²) >= 11 is 0. The predicted molar refractivity (Wildman–Crippen MR) is 127 cm³/mol. The molecule has 4 rings (SSSR count). The number of carbonyl (C=O) groups excluding carboxylic acids is 1. The summed E-state index contributed by atoms with van der Waals surface area (Å²) in [4.78, 5) is 19.8. The van der Waals surface area contributed by atoms with Gasteiger partial charge in [0, 0.05) is 23.7 Å². The Bertz CT molecular complexity index is 1030. The molecule has 162 valence electrons. The smallest absolute Gasteiger partial charge is 0.262 e. The molecule has 1 aliphatic heterocycles. The maximum Gasteiger partial charge on any atom is 0.262 e. The molecule has 0 aliphatic carbocycles. The third-order valence-corrected chi connectivity index (χ3v) is 6.07. The first kappa shape index (κ1) is 21.2. The third-order valence-electron chi connectivity index (χ3n) is 6.07. The van der Waals surface area contributed by atoms with Gasteiger partial charge < -0.3 is 15.0 Å². The number of aryl methyl sites for hydroxylation is 1. The molecule has 1 N–H and O–H groups in total. The Morgan fingerprint density at radius 2 is 1.94 bits per heavy atom. The van der Waals surface area contributed by atoms with Crippen LogP contribution in [0.1, 0.15) is 45.1 Å². The molecule has 3 aromatic rings. The first-order valence-electron chi connectivity index (χ1n) is 11.4. The van der Waals surface area contributed by atoms with Gasteiger partial charge in [-0.1, -0.05) is 38.1 Å². The first-order chi connectivity index (χ1) is 15.2. The van der Waals surface area contributed by atoms with Crippen molar-refractivity contribution in [1.29, 1.82) is 0 Å². The van der Waals surface area contributed by atoms with Crippen LogP contribution < -0.4 is 15.0 Å². The molecule has 5 nitrogen and oxygen atoms in total. The van der Waals surface area contributed by atoms with E-state index in [1.807, 2.05) is 42.5 Å². The molecule has 1 aliphatic rings. The summed E-state index contributed by atoms with van der Waals surface area (Å²) in [6.07, 6.45) is 5.80. The zero-order valence-corrected chi connectivity index (χ0v) is 18.4. The lowest BCUT2D eigenvalue weighted by Gasteiger charge is -2.36. The highest BCUT2D eigenvalue weighted by Crippen LogP contribution is 2.30. The van der Waals surface area contributed by atoms with E-state index in [1.54, 1.807) is 0 Å². The number of ether oxygens (including phenoxy) is 1. The fourth-order valence-electron chi connectivity index (χ4n) is 4.28. The summed E-state index contributed by atoms with van der Waals surface area (Å²) in [6.45, 7) is 5.34. The molecule has 1 fully saturated rings. The second kappa shape index (κ2) is 9.82. The van der Waals surface area contributed by atoms with Crippen molar-refractivity contribution in [3.8, 4) is 5.75 Å². The number of fused-ring (bicyclic) bond motifs is 1. The van der Waals surface area contributed by atoms with Gasteiger partial charge in [0.15, 0.2) is 6.61 Å². The lowest BCUT2D eigenvalue weighted by atomic mass is 10.00. The van der Waals surface area contributed by atoms with E-state index in [0.29, 0.717) is 11.8 Å². The molecular weight excluding hydrogens is 386 g/mol. The van der Waals surface area contributed by atoms with E-state index >= 15 is 0 Å². The van der Waals surface area contributed by atoms with Crippen molar-refractivity contribution in [3.05, 3.63) is 60.2 Å². The summed E-state index contributed by atoms with van der Waals surface area (Å²) in [5, 5.41) is 3.91. The highest BCUT2D eigenvalue weighted by Gasteiger charge is 2.22. The average molecular weight is 418 g/mol. The summed E-state index contributed by atoms with van der Waals surface area (Å²) in [5.41, 5.74) is 2.83. The van der Waals surface area contributed by atoms with Crippen molar-refractivity contribution >= 4 is 28.3 Å². The summed E-state index contributed by atoms with van der Waals surface area (Å²) in [6, 6.07) is 18.5. The van der Waals surface area contributed by atoms with Crippen molar-refractivity contribution < 1.29 is 9.53 Å². The number of anilines is 2. The normalized spacial score (nSPS) is 16.3. The number of carbonyl (C=O) groups is 1. The molecule has 1 saturated heterocycles. The Balaban J connectivity index is 1.48. The topological polar surface area (TPSA) is 54.5 Å². The zero-order valence-electron chi connectivity index (χ0n) is 18.4. The van der Waals surface area contributed by atoms with Crippen LogP contribution >= 0.6 is 0 Å². The van der Waals surface area contributed by atoms with E-state index in [2.05, 4.69) is 36.2 Å². The maximum absolute atomic E-state index is 12.4. The largest absolute Gasteiger partial charge is 0.481 e. The number of hydrogen-bond acceptors (Lipinski definition) is 4. The van der Waals surface area contributed by atoms with Crippen molar-refractivity contribution in [1.82, 2.24) is 4.98 Å². The minimum absolute atomic E-state index is 0.0537. The quantitative estimate of drug-likeness (QED) is 0.545. The summed E-state index contributed by atoms with van der Waals surface area (Å²) in [7, 11) is 0. The lowest BCUT2D eigenvalue weighted by molar-refractivity contribution is -0.118. The number of piperidine rings is 1. The Hall–Kier alpha value is -3.08. The molecule has 2 heterocycles. The molecule has 1 atom stereocenters. The Kier molecular flexibility index (Phi) is 6.70. The SMILES string of the molecule is CCc1ccc(NC(=O)COc2cccc3ccc(N4CCCCC4CC)nc23)cc1. The van der Waals surface area contributed by atoms with E-state index in [1.165, 1.54) is 24.8 Å². The van der Waals surface area contributed by atoms with Gasteiger partial charge in [0.1, 0.15) is 17.1 Å². The summed E-state index contributed by atoms with van der Waals surface area (Å²) < 4.78 is 5.90. The van der Waals surface area contributed by atoms with Gasteiger partial charge in [-0.2, -0.15) is 0 Å². The van der Waals surface area contributed by atoms with Gasteiger partial charge in [-0.15, -0.1) is 0 Å². The van der Waals surface area contributed by atoms with E-state index in [9.17, 15) is 4.79 Å². The number of pyridine rings is 1. The molecule has 5 heteroatoms. The number of amides is 1. The molecule has 0 radical (unpaired) electrons. The van der Waals surface area contributed by atoms with E-state index in [4.69, 9.17) is 9.72 Å². The van der Waals surface area contributed by atoms with Gasteiger partial charge in [0.2, 0.25) is 0 Å². The Morgan fingerprint density at radius 3 is 2.71 bits per heavy atom. The molecule has 31 heavy (non-hydrogen) atoms. The maximum atomic E-state index is 12.4. The standard InChI is InChI=1S/C26H31N3O2/c1-3-19-11-14-21(15-12-19)27-25(30)18-31-23-10-7-8-20-13-16-24(28-26(20)23)29-17-6-5-9-22(29)4-2/h7-8,10-16,22H,3-6,9,17-18H2,1-2H3,(H,27,30). The highest BCUT2D eigenvalue weighted by atomic mass is 16.5. The number of benzene rings is 2. The van der Waals surface area contributed by atoms with Gasteiger partial charge in [-0.05, 0) is 68.0 Å². The minimum atomic E-state index is -0.181. The number of para-hydroxylation sites is 1. The van der Waals surface area contributed by atoms with Crippen LogP contribution in [0.25, 0.3) is 10.9 Å². The van der Waals surface area contributed by atoms with Crippen LogP contribution in [0.15, 0.2) is 54.6 Å². The van der Waals surface area contributed by atoms with Gasteiger partial charge in [0.05, 0.1) is 0 Å². The number of hydrogen-bond donors (Lipinski definition) is 1. The highest BCUT2D eigenvalue weighted by molar-refractivity contribution is 5.92. The molecule has 0 saturated carbocycles. The number of aromatic nitrogens is 1. The van der Waals surface area contributed by atoms with E-state index in [-0.39, 0.29) is 12.5 Å². The summed E-state index contributed by atoms with van der Waals surface area (Å²) in [5.74, 6) is 1.45. The van der Waals surface area contributed by atoms with Crippen LogP contribution in [0, 0.1) is 0 Å². The van der Waals surface area contributed by atoms with Gasteiger partial charge >= 0.3 is 0 Å². The third kappa shape index (κ3) is 4.98. The van der Waals surface area contributed by atoms with E-state index in [0.717, 1.165) is 41.8 Å². The van der Waals surface area contributed by atoms with Crippen molar-refractivity contribution in [2.45, 2.75) is 52.0 Å². The second-order valence-electron chi connectivity index (χ2n) is 8.14. The van der Waals surface area contributed by atoms with Crippen LogP contribution in [0.5, 0.6) is 5.75 Å². The molecule has 1 aromatic heterocycles. The number of rotatable bonds is 7. The molecule has 0 spiro atoms. The number of nitrogens with zero attached hydrogens (tertiary/aromatic N) is 2. The van der Waals surface area contributed by atoms with Gasteiger partial charge in [-0.25, -0.2) is 4.98 Å². The fourth-order valence-corrected chi connectivity index (χ4v) is 4.28. The van der Waals surface area contributed by atoms with Crippen LogP contribution in [-0.2, 0) is 11.2 Å². The first-order valence-corrected chi connectivity index (χ1v) is 11.4. The Morgan fingerprint density at radius 1 is 1.10 bits per heavy atom. The monoisotopic (exact) mass is 417 g/mol. The lowest BCUT2D eigenvalue weighted by Crippen LogP contribution is -2.39. The Labute approximate surface area is 184 Å². The van der Waals surface area contributed by atoms with E-state index < -0.39 is 0 Å². The second-order valence-corrected chi connectivity index (χ2v) is 8.14. The van der Waals surface area contributed by atoms with Crippen LogP contribution in [-0.4, -0.2) is 30.1 Å². The minimum Gasteiger partial charge on any atom is -0.481 e. The number of nitrogens with one attached hydrogen (secondary N) is 1. The molecule has 1 unspecified atom stereocenters. The molecule has 1 amide bonds. The van der Waals surface area contributed by atoms with Gasteiger partial charge in [-0.3, -0.25) is 4.79 Å². The van der Waals surface area contributed by atoms with Crippen LogP contribution in [0.2, 0.25) is 0 Å². The van der Waals surface area contributed by atoms with Gasteiger partial charge in [0.25, 0.3) is 5.91 Å². The predicted octanol–water partition coefficient (Wildman–Crippen LogP) is 5.58. The van der Waals surface area contributed by atoms with Crippen molar-refractivity contribution in [2.24, 2.45) is 0 Å². The van der Waals surface area contributed by atoms with Crippen LogP contribution in [0.3, 0.4) is 0 Å². The van der Waals surface area contributed by atoms with Crippen LogP contribution in [0.4, 0.5) is 11.5 Å². The van der Waals surface area contributed by atoms with Crippen molar-refractivity contribution in [2.75, 3.05) is 23.4 Å². The zero-order chi connectivity index (χ0) is 21.6. The average Bonchev–Trinajstić information content (AvgIpc) is 2.82. The molecule has 2 aromatic carbocycles. The molecule has 0 bridgehead atoms. The fraction of sp³-hybridized carbons (Fsp3) is 0.385. The van der Waals surface area contributed by atoms with Crippen molar-refractivity contribution in [3.63, 3.8) is 0 Å². The molecular formula is C26H31N3O2.